The molecular weight excluding hydrogens is 875 g/mol. The van der Waals surface area contributed by atoms with Crippen molar-refractivity contribution < 1.29 is 28.7 Å². The van der Waals surface area contributed by atoms with Crippen molar-refractivity contribution >= 4 is 75.2 Å². The highest BCUT2D eigenvalue weighted by molar-refractivity contribution is 6.33. The Bertz CT molecular complexity index is 2600. The van der Waals surface area contributed by atoms with Gasteiger partial charge in [0, 0.05) is 86.5 Å². The molecule has 1 aliphatic carbocycles. The SMILES string of the molecule is CNC(=O)COc1cc2cc(Nc3nc(N4CCC(OC5CC(N6CCN[C@H](C)C6c6ccc7c(c6Cl)CN([C@@H]6CCC(=O)NC6=O)C7=O)C5)CC4)ncc3Cl)ccc2n(C(C)C)c1=O. The van der Waals surface area contributed by atoms with Gasteiger partial charge in [0.15, 0.2) is 18.2 Å². The van der Waals surface area contributed by atoms with E-state index in [1.165, 1.54) is 7.05 Å². The molecule has 17 nitrogen and oxygen atoms in total. The third-order valence-corrected chi connectivity index (χ3v) is 14.2. The molecular formula is C46H54Cl2N10O7. The highest BCUT2D eigenvalue weighted by atomic mass is 35.5. The fourth-order valence-electron chi connectivity index (χ4n) is 10.0. The Morgan fingerprint density at radius 1 is 1.00 bits per heavy atom. The van der Waals surface area contributed by atoms with Crippen LogP contribution in [-0.2, 0) is 25.7 Å². The van der Waals surface area contributed by atoms with Crippen LogP contribution in [-0.4, -0.2) is 118 Å². The lowest BCUT2D eigenvalue weighted by molar-refractivity contribution is -0.137. The number of rotatable bonds is 12. The molecule has 3 atom stereocenters. The maximum absolute atomic E-state index is 13.5. The minimum Gasteiger partial charge on any atom is -0.478 e. The molecule has 1 unspecified atom stereocenters. The van der Waals surface area contributed by atoms with E-state index in [9.17, 15) is 24.0 Å². The van der Waals surface area contributed by atoms with Gasteiger partial charge in [0.2, 0.25) is 17.8 Å². The van der Waals surface area contributed by atoms with E-state index in [0.717, 1.165) is 73.9 Å². The van der Waals surface area contributed by atoms with Crippen LogP contribution in [0.15, 0.2) is 47.4 Å². The molecule has 1 saturated carbocycles. The van der Waals surface area contributed by atoms with Crippen LogP contribution in [0.2, 0.25) is 10.0 Å². The van der Waals surface area contributed by atoms with Gasteiger partial charge in [0.05, 0.1) is 35.0 Å². The number of likely N-dealkylation sites (N-methyl/N-ethyl adjacent to an activating group) is 1. The van der Waals surface area contributed by atoms with Gasteiger partial charge < -0.3 is 39.8 Å². The van der Waals surface area contributed by atoms with E-state index < -0.39 is 11.9 Å². The molecule has 0 radical (unpaired) electrons. The number of benzene rings is 2. The second kappa shape index (κ2) is 18.5. The number of ether oxygens (including phenoxy) is 2. The van der Waals surface area contributed by atoms with E-state index in [0.29, 0.717) is 45.5 Å². The first-order valence-electron chi connectivity index (χ1n) is 22.5. The second-order valence-corrected chi connectivity index (χ2v) is 18.7. The van der Waals surface area contributed by atoms with Crippen LogP contribution < -0.4 is 36.5 Å². The smallest absolute Gasteiger partial charge is 0.293 e. The van der Waals surface area contributed by atoms with Gasteiger partial charge in [-0.25, -0.2) is 4.98 Å². The monoisotopic (exact) mass is 928 g/mol. The molecule has 4 fully saturated rings. The summed E-state index contributed by atoms with van der Waals surface area (Å²) in [5.41, 5.74) is 3.34. The predicted molar refractivity (Wildman–Crippen MR) is 246 cm³/mol. The van der Waals surface area contributed by atoms with Gasteiger partial charge in [0.1, 0.15) is 11.1 Å². The lowest BCUT2D eigenvalue weighted by Crippen LogP contribution is -2.59. The fourth-order valence-corrected chi connectivity index (χ4v) is 10.5. The standard InChI is InChI=1S/C46H54Cl2N10O7/c1-24(2)58-35-8-5-27(17-26(35)18-37(45(58)63)64-23-39(60)49-4)52-42-34(47)21-51-46(54-42)55-14-11-29(12-15-55)65-30-19-28(20-30)56-16-13-50-25(3)41(56)32-7-6-31-33(40(32)48)22-57(44(31)62)36-9-10-38(59)53-43(36)61/h5-8,17-18,21,24-25,28-30,36,41,50H,9-16,19-20,22-23H2,1-4H3,(H,49,60)(H,51,52,54)(H,53,59,61)/t25-,28?,30?,36-,41?/m1/s1. The summed E-state index contributed by atoms with van der Waals surface area (Å²) in [4.78, 5) is 78.7. The molecule has 19 heteroatoms. The first kappa shape index (κ1) is 44.9. The zero-order chi connectivity index (χ0) is 45.7. The van der Waals surface area contributed by atoms with Gasteiger partial charge in [0.25, 0.3) is 17.4 Å². The van der Waals surface area contributed by atoms with Crippen molar-refractivity contribution in [3.8, 4) is 5.75 Å². The Labute approximate surface area is 386 Å². The Morgan fingerprint density at radius 2 is 1.78 bits per heavy atom. The minimum absolute atomic E-state index is 0.00645. The number of hydrogen-bond donors (Lipinski definition) is 4. The number of carbonyl (C=O) groups excluding carboxylic acids is 4. The fraction of sp³-hybridized carbons (Fsp3) is 0.500. The maximum atomic E-state index is 13.5. The van der Waals surface area contributed by atoms with Crippen molar-refractivity contribution in [2.75, 3.05) is 50.1 Å². The largest absolute Gasteiger partial charge is 0.478 e. The molecule has 0 spiro atoms. The molecule has 2 aromatic heterocycles. The van der Waals surface area contributed by atoms with Gasteiger partial charge in [-0.1, -0.05) is 29.3 Å². The van der Waals surface area contributed by atoms with Crippen LogP contribution in [0.1, 0.15) is 92.9 Å². The summed E-state index contributed by atoms with van der Waals surface area (Å²) in [6.07, 6.45) is 5.84. The predicted octanol–water partition coefficient (Wildman–Crippen LogP) is 4.86. The number of piperazine rings is 1. The molecule has 5 aliphatic rings. The van der Waals surface area contributed by atoms with Gasteiger partial charge in [-0.15, -0.1) is 0 Å². The van der Waals surface area contributed by atoms with Crippen molar-refractivity contribution in [2.24, 2.45) is 0 Å². The number of anilines is 3. The number of carbonyl (C=O) groups is 4. The summed E-state index contributed by atoms with van der Waals surface area (Å²) in [6, 6.07) is 10.7. The summed E-state index contributed by atoms with van der Waals surface area (Å²) in [7, 11) is 1.51. The summed E-state index contributed by atoms with van der Waals surface area (Å²) in [5, 5.41) is 13.5. The number of halogens is 2. The molecule has 344 valence electrons. The van der Waals surface area contributed by atoms with Crippen LogP contribution in [0.5, 0.6) is 5.75 Å². The topological polar surface area (TPSA) is 192 Å². The second-order valence-electron chi connectivity index (χ2n) is 17.9. The molecule has 2 aromatic carbocycles. The van der Waals surface area contributed by atoms with Gasteiger partial charge in [-0.2, -0.15) is 4.98 Å². The number of imide groups is 1. The van der Waals surface area contributed by atoms with Crippen molar-refractivity contribution in [3.05, 3.63) is 79.7 Å². The lowest BCUT2D eigenvalue weighted by atomic mass is 9.83. The zero-order valence-electron chi connectivity index (χ0n) is 36.9. The minimum atomic E-state index is -0.697. The normalized spacial score (nSPS) is 24.0. The number of amides is 4. The zero-order valence-corrected chi connectivity index (χ0v) is 38.4. The third-order valence-electron chi connectivity index (χ3n) is 13.5. The summed E-state index contributed by atoms with van der Waals surface area (Å²) in [5.74, 6) is -0.224. The Balaban J connectivity index is 0.807. The van der Waals surface area contributed by atoms with E-state index in [1.807, 2.05) is 44.2 Å². The molecule has 4 amide bonds. The summed E-state index contributed by atoms with van der Waals surface area (Å²) < 4.78 is 14.0. The van der Waals surface area contributed by atoms with Crippen LogP contribution in [0, 0.1) is 0 Å². The van der Waals surface area contributed by atoms with Crippen molar-refractivity contribution in [1.82, 2.24) is 40.3 Å². The average molecular weight is 930 g/mol. The van der Waals surface area contributed by atoms with Crippen LogP contribution in [0.25, 0.3) is 10.9 Å². The number of piperidine rings is 2. The van der Waals surface area contributed by atoms with Gasteiger partial charge >= 0.3 is 0 Å². The molecule has 65 heavy (non-hydrogen) atoms. The molecule has 4 aliphatic heterocycles. The number of hydrogen-bond acceptors (Lipinski definition) is 13. The number of nitrogens with one attached hydrogen (secondary N) is 4. The molecule has 4 N–H and O–H groups in total. The Hall–Kier alpha value is -5.33. The molecule has 3 saturated heterocycles. The first-order valence-corrected chi connectivity index (χ1v) is 23.2. The van der Waals surface area contributed by atoms with E-state index in [4.69, 9.17) is 37.7 Å². The number of pyridine rings is 1. The van der Waals surface area contributed by atoms with Crippen molar-refractivity contribution in [3.63, 3.8) is 0 Å². The Morgan fingerprint density at radius 3 is 2.52 bits per heavy atom. The molecule has 0 bridgehead atoms. The van der Waals surface area contributed by atoms with Gasteiger partial charge in [-0.3, -0.25) is 34.2 Å². The van der Waals surface area contributed by atoms with Crippen LogP contribution in [0.3, 0.4) is 0 Å². The summed E-state index contributed by atoms with van der Waals surface area (Å²) >= 11 is 13.8. The maximum Gasteiger partial charge on any atom is 0.293 e. The van der Waals surface area contributed by atoms with E-state index >= 15 is 0 Å². The number of aromatic nitrogens is 3. The van der Waals surface area contributed by atoms with E-state index in [2.05, 4.69) is 43.0 Å². The molecule has 9 rings (SSSR count). The molecule has 6 heterocycles. The summed E-state index contributed by atoms with van der Waals surface area (Å²) in [6.45, 7) is 9.13. The number of fused-ring (bicyclic) bond motifs is 2. The van der Waals surface area contributed by atoms with Crippen LogP contribution >= 0.6 is 23.2 Å². The van der Waals surface area contributed by atoms with E-state index in [-0.39, 0.29) is 78.9 Å². The quantitative estimate of drug-likeness (QED) is 0.141. The average Bonchev–Trinajstić information content (AvgIpc) is 3.61. The van der Waals surface area contributed by atoms with Gasteiger partial charge in [-0.05, 0) is 88.8 Å². The first-order chi connectivity index (χ1) is 31.3. The highest BCUT2D eigenvalue weighted by Gasteiger charge is 2.45. The molecule has 4 aromatic rings. The highest BCUT2D eigenvalue weighted by Crippen LogP contribution is 2.43. The van der Waals surface area contributed by atoms with Crippen molar-refractivity contribution in [2.45, 2.75) is 108 Å². The number of nitrogens with zero attached hydrogens (tertiary/aromatic N) is 6. The van der Waals surface area contributed by atoms with Crippen LogP contribution in [0.4, 0.5) is 17.5 Å². The van der Waals surface area contributed by atoms with E-state index in [1.54, 1.807) is 21.7 Å². The Kier molecular flexibility index (Phi) is 12.8. The van der Waals surface area contributed by atoms with Crippen molar-refractivity contribution in [1.29, 1.82) is 0 Å². The third kappa shape index (κ3) is 8.88. The lowest BCUT2D eigenvalue weighted by Gasteiger charge is -2.51.